The third-order valence-electron chi connectivity index (χ3n) is 2.01. The second-order valence-corrected chi connectivity index (χ2v) is 4.26. The first kappa shape index (κ1) is 12.9. The molecule has 0 fully saturated rings. The molecule has 0 aliphatic heterocycles. The second-order valence-electron chi connectivity index (χ2n) is 3.88. The summed E-state index contributed by atoms with van der Waals surface area (Å²) < 4.78 is 5.61. The van der Waals surface area contributed by atoms with Crippen LogP contribution < -0.4 is 4.74 Å². The summed E-state index contributed by atoms with van der Waals surface area (Å²) in [5.74, 6) is 7.62. The zero-order valence-electron chi connectivity index (χ0n) is 10.0. The van der Waals surface area contributed by atoms with Crippen LogP contribution in [0, 0.1) is 18.8 Å². The third-order valence-corrected chi connectivity index (χ3v) is 2.20. The van der Waals surface area contributed by atoms with Gasteiger partial charge in [0.05, 0.1) is 6.10 Å². The fraction of sp³-hybridized carbons (Fsp3) is 0.429. The maximum Gasteiger partial charge on any atom is 0.120 e. The van der Waals surface area contributed by atoms with Gasteiger partial charge in [-0.2, -0.15) is 0 Å². The first-order valence-electron chi connectivity index (χ1n) is 5.45. The summed E-state index contributed by atoms with van der Waals surface area (Å²) in [7, 11) is 0. The maximum absolute atomic E-state index is 5.61. The van der Waals surface area contributed by atoms with Gasteiger partial charge in [0, 0.05) is 17.9 Å². The lowest BCUT2D eigenvalue weighted by molar-refractivity contribution is 0.242. The van der Waals surface area contributed by atoms with Gasteiger partial charge < -0.3 is 4.74 Å². The molecule has 86 valence electrons. The molecule has 1 aromatic carbocycles. The van der Waals surface area contributed by atoms with Crippen molar-refractivity contribution < 1.29 is 4.74 Å². The van der Waals surface area contributed by atoms with E-state index in [1.165, 1.54) is 0 Å². The summed E-state index contributed by atoms with van der Waals surface area (Å²) in [4.78, 5) is 0. The topological polar surface area (TPSA) is 9.23 Å². The van der Waals surface area contributed by atoms with Gasteiger partial charge in [-0.25, -0.2) is 0 Å². The highest BCUT2D eigenvalue weighted by atomic mass is 35.5. The van der Waals surface area contributed by atoms with Crippen LogP contribution >= 0.6 is 11.6 Å². The van der Waals surface area contributed by atoms with Crippen LogP contribution in [-0.4, -0.2) is 12.0 Å². The predicted molar refractivity (Wildman–Crippen MR) is 69.2 cm³/mol. The van der Waals surface area contributed by atoms with E-state index in [9.17, 15) is 0 Å². The average Bonchev–Trinajstić information content (AvgIpc) is 2.20. The van der Waals surface area contributed by atoms with Gasteiger partial charge in [0.2, 0.25) is 0 Å². The Hall–Kier alpha value is -1.13. The highest BCUT2D eigenvalue weighted by Crippen LogP contribution is 2.17. The number of aryl methyl sites for hydroxylation is 1. The van der Waals surface area contributed by atoms with E-state index < -0.39 is 0 Å². The molecule has 0 aliphatic rings. The lowest BCUT2D eigenvalue weighted by Gasteiger charge is -2.10. The summed E-state index contributed by atoms with van der Waals surface area (Å²) in [5.41, 5.74) is 2.18. The van der Waals surface area contributed by atoms with Crippen molar-refractivity contribution in [2.24, 2.45) is 0 Å². The molecule has 0 aliphatic carbocycles. The first-order valence-corrected chi connectivity index (χ1v) is 5.99. The van der Waals surface area contributed by atoms with Crippen molar-refractivity contribution in [3.8, 4) is 17.6 Å². The lowest BCUT2D eigenvalue weighted by Crippen LogP contribution is -2.05. The van der Waals surface area contributed by atoms with Gasteiger partial charge in [-0.3, -0.25) is 0 Å². The largest absolute Gasteiger partial charge is 0.491 e. The number of hydrogen-bond acceptors (Lipinski definition) is 1. The molecule has 0 spiro atoms. The van der Waals surface area contributed by atoms with E-state index in [1.54, 1.807) is 0 Å². The number of ether oxygens (including phenoxy) is 1. The van der Waals surface area contributed by atoms with Crippen LogP contribution in [0.3, 0.4) is 0 Å². The molecule has 1 rings (SSSR count). The van der Waals surface area contributed by atoms with Gasteiger partial charge in [-0.15, -0.1) is 11.6 Å². The maximum atomic E-state index is 5.61. The Morgan fingerprint density at radius 2 is 2.12 bits per heavy atom. The van der Waals surface area contributed by atoms with Gasteiger partial charge in [0.1, 0.15) is 5.75 Å². The van der Waals surface area contributed by atoms with Gasteiger partial charge in [-0.1, -0.05) is 11.8 Å². The second kappa shape index (κ2) is 6.45. The van der Waals surface area contributed by atoms with Gasteiger partial charge in [0.25, 0.3) is 0 Å². The molecule has 0 radical (unpaired) electrons. The van der Waals surface area contributed by atoms with Crippen LogP contribution in [0.15, 0.2) is 18.2 Å². The SMILES string of the molecule is Cc1cc(OC(C)C)ccc1C#CCCCl. The molecule has 1 nitrogen and oxygen atoms in total. The fourth-order valence-electron chi connectivity index (χ4n) is 1.33. The van der Waals surface area contributed by atoms with Crippen molar-refractivity contribution in [2.45, 2.75) is 33.3 Å². The summed E-state index contributed by atoms with van der Waals surface area (Å²) >= 11 is 5.57. The van der Waals surface area contributed by atoms with Gasteiger partial charge >= 0.3 is 0 Å². The molecular formula is C14H17ClO. The molecule has 0 bridgehead atoms. The quantitative estimate of drug-likeness (QED) is 0.574. The smallest absolute Gasteiger partial charge is 0.120 e. The van der Waals surface area contributed by atoms with E-state index >= 15 is 0 Å². The fourth-order valence-corrected chi connectivity index (χ4v) is 1.42. The molecule has 0 unspecified atom stereocenters. The Morgan fingerprint density at radius 3 is 2.69 bits per heavy atom. The molecule has 0 saturated carbocycles. The summed E-state index contributed by atoms with van der Waals surface area (Å²) in [6, 6.07) is 5.97. The molecule has 0 atom stereocenters. The number of halogens is 1. The Labute approximate surface area is 103 Å². The normalized spacial score (nSPS) is 9.81. The van der Waals surface area contributed by atoms with Crippen LogP contribution in [0.2, 0.25) is 0 Å². The van der Waals surface area contributed by atoms with Gasteiger partial charge in [0.15, 0.2) is 0 Å². The zero-order chi connectivity index (χ0) is 12.0. The molecule has 1 aromatic rings. The summed E-state index contributed by atoms with van der Waals surface area (Å²) in [6.07, 6.45) is 0.929. The minimum atomic E-state index is 0.201. The van der Waals surface area contributed by atoms with Crippen LogP contribution in [-0.2, 0) is 0 Å². The standard InChI is InChI=1S/C14H17ClO/c1-11(2)16-14-8-7-13(12(3)10-14)6-4-5-9-15/h7-8,10-11H,5,9H2,1-3H3. The summed E-state index contributed by atoms with van der Waals surface area (Å²) in [6.45, 7) is 6.07. The van der Waals surface area contributed by atoms with E-state index in [2.05, 4.69) is 11.8 Å². The molecule has 0 heterocycles. The van der Waals surface area contributed by atoms with Crippen LogP contribution in [0.1, 0.15) is 31.4 Å². The number of benzene rings is 1. The molecule has 0 saturated heterocycles. The minimum Gasteiger partial charge on any atom is -0.491 e. The van der Waals surface area contributed by atoms with E-state index in [0.717, 1.165) is 23.3 Å². The lowest BCUT2D eigenvalue weighted by atomic mass is 10.1. The Morgan fingerprint density at radius 1 is 1.38 bits per heavy atom. The van der Waals surface area contributed by atoms with Crippen molar-refractivity contribution in [1.29, 1.82) is 0 Å². The highest BCUT2D eigenvalue weighted by Gasteiger charge is 2.00. The molecule has 0 aromatic heterocycles. The van der Waals surface area contributed by atoms with Crippen molar-refractivity contribution in [3.05, 3.63) is 29.3 Å². The van der Waals surface area contributed by atoms with Crippen LogP contribution in [0.25, 0.3) is 0 Å². The molecule has 0 amide bonds. The number of hydrogen-bond donors (Lipinski definition) is 0. The third kappa shape index (κ3) is 4.16. The van der Waals surface area contributed by atoms with Crippen LogP contribution in [0.4, 0.5) is 0 Å². The van der Waals surface area contributed by atoms with Crippen LogP contribution in [0.5, 0.6) is 5.75 Å². The van der Waals surface area contributed by atoms with E-state index in [-0.39, 0.29) is 6.10 Å². The molecule has 0 N–H and O–H groups in total. The minimum absolute atomic E-state index is 0.201. The molecular weight excluding hydrogens is 220 g/mol. The Balaban J connectivity index is 2.80. The monoisotopic (exact) mass is 236 g/mol. The molecule has 2 heteroatoms. The number of rotatable bonds is 3. The van der Waals surface area contributed by atoms with E-state index in [0.29, 0.717) is 5.88 Å². The summed E-state index contributed by atoms with van der Waals surface area (Å²) in [5, 5.41) is 0. The van der Waals surface area contributed by atoms with Gasteiger partial charge in [-0.05, 0) is 44.5 Å². The van der Waals surface area contributed by atoms with Crippen molar-refractivity contribution in [1.82, 2.24) is 0 Å². The Bertz CT molecular complexity index is 399. The van der Waals surface area contributed by atoms with E-state index in [1.807, 2.05) is 39.0 Å². The van der Waals surface area contributed by atoms with Crippen molar-refractivity contribution >= 4 is 11.6 Å². The average molecular weight is 237 g/mol. The predicted octanol–water partition coefficient (Wildman–Crippen LogP) is 3.76. The number of alkyl halides is 1. The Kier molecular flexibility index (Phi) is 5.22. The zero-order valence-corrected chi connectivity index (χ0v) is 10.8. The molecule has 16 heavy (non-hydrogen) atoms. The van der Waals surface area contributed by atoms with Crippen molar-refractivity contribution in [2.75, 3.05) is 5.88 Å². The first-order chi connectivity index (χ1) is 7.63. The van der Waals surface area contributed by atoms with Crippen molar-refractivity contribution in [3.63, 3.8) is 0 Å². The van der Waals surface area contributed by atoms with E-state index in [4.69, 9.17) is 16.3 Å². The highest BCUT2D eigenvalue weighted by molar-refractivity contribution is 6.18.